The molecular weight excluding hydrogens is 376 g/mol. The highest BCUT2D eigenvalue weighted by atomic mass is 32.2. The molecular formula is C17H22N2O7S. The fourth-order valence-corrected chi connectivity index (χ4v) is 4.11. The van der Waals surface area contributed by atoms with Crippen LogP contribution in [-0.4, -0.2) is 63.9 Å². The molecule has 1 heterocycles. The van der Waals surface area contributed by atoms with Gasteiger partial charge in [-0.25, -0.2) is 13.2 Å². The number of hydrogen-bond donors (Lipinski definition) is 1. The van der Waals surface area contributed by atoms with Crippen LogP contribution < -0.4 is 5.32 Å². The number of methoxy groups -OCH3 is 1. The normalized spacial score (nSPS) is 15.0. The second-order valence-corrected chi connectivity index (χ2v) is 7.86. The summed E-state index contributed by atoms with van der Waals surface area (Å²) in [5, 5.41) is 2.23. The minimum Gasteiger partial charge on any atom is -0.468 e. The van der Waals surface area contributed by atoms with Crippen molar-refractivity contribution in [2.45, 2.75) is 24.2 Å². The molecule has 10 heteroatoms. The van der Waals surface area contributed by atoms with E-state index in [4.69, 9.17) is 4.74 Å². The standard InChI is InChI=1S/C17H22N2O7S/c1-25-16(21)11-18-15(20)12-26-17(22)13-6-5-7-14(10-13)27(23,24)19-8-3-2-4-9-19/h5-7,10H,2-4,8-9,11-12H2,1H3,(H,18,20). The molecule has 0 aromatic heterocycles. The Kier molecular flexibility index (Phi) is 7.31. The van der Waals surface area contributed by atoms with E-state index in [9.17, 15) is 22.8 Å². The van der Waals surface area contributed by atoms with E-state index in [1.54, 1.807) is 0 Å². The van der Waals surface area contributed by atoms with Crippen LogP contribution in [0.4, 0.5) is 0 Å². The predicted octanol–water partition coefficient (Wildman–Crippen LogP) is 0.307. The van der Waals surface area contributed by atoms with Crippen LogP contribution >= 0.6 is 0 Å². The lowest BCUT2D eigenvalue weighted by molar-refractivity contribution is -0.141. The Morgan fingerprint density at radius 3 is 2.52 bits per heavy atom. The summed E-state index contributed by atoms with van der Waals surface area (Å²) in [6, 6.07) is 5.51. The number of amides is 1. The van der Waals surface area contributed by atoms with Gasteiger partial charge in [-0.3, -0.25) is 9.59 Å². The van der Waals surface area contributed by atoms with Crippen LogP contribution in [0.5, 0.6) is 0 Å². The molecule has 1 N–H and O–H groups in total. The SMILES string of the molecule is COC(=O)CNC(=O)COC(=O)c1cccc(S(=O)(=O)N2CCCCC2)c1. The summed E-state index contributed by atoms with van der Waals surface area (Å²) >= 11 is 0. The van der Waals surface area contributed by atoms with Crippen molar-refractivity contribution >= 4 is 27.9 Å². The van der Waals surface area contributed by atoms with Crippen molar-refractivity contribution in [3.8, 4) is 0 Å². The Balaban J connectivity index is 1.98. The minimum atomic E-state index is -3.68. The van der Waals surface area contributed by atoms with Gasteiger partial charge in [0.15, 0.2) is 6.61 Å². The largest absolute Gasteiger partial charge is 0.468 e. The third-order valence-electron chi connectivity index (χ3n) is 4.01. The Morgan fingerprint density at radius 1 is 1.15 bits per heavy atom. The van der Waals surface area contributed by atoms with E-state index in [-0.39, 0.29) is 17.0 Å². The maximum atomic E-state index is 12.7. The number of hydrogen-bond acceptors (Lipinski definition) is 7. The van der Waals surface area contributed by atoms with Crippen LogP contribution in [0.2, 0.25) is 0 Å². The van der Waals surface area contributed by atoms with Gasteiger partial charge in [-0.05, 0) is 31.0 Å². The molecule has 27 heavy (non-hydrogen) atoms. The second-order valence-electron chi connectivity index (χ2n) is 5.92. The van der Waals surface area contributed by atoms with Gasteiger partial charge in [0, 0.05) is 13.1 Å². The van der Waals surface area contributed by atoms with Gasteiger partial charge < -0.3 is 14.8 Å². The first-order valence-electron chi connectivity index (χ1n) is 8.45. The topological polar surface area (TPSA) is 119 Å². The monoisotopic (exact) mass is 398 g/mol. The first-order valence-corrected chi connectivity index (χ1v) is 9.89. The second kappa shape index (κ2) is 9.47. The average molecular weight is 398 g/mol. The van der Waals surface area contributed by atoms with Crippen molar-refractivity contribution < 1.29 is 32.3 Å². The Labute approximate surface area is 157 Å². The summed E-state index contributed by atoms with van der Waals surface area (Å²) in [7, 11) is -2.50. The molecule has 1 amide bonds. The first kappa shape index (κ1) is 20.8. The molecule has 1 aliphatic rings. The molecule has 0 atom stereocenters. The number of sulfonamides is 1. The summed E-state index contributed by atoms with van der Waals surface area (Å²) in [5.41, 5.74) is 0.0221. The molecule has 1 aromatic carbocycles. The van der Waals surface area contributed by atoms with E-state index in [2.05, 4.69) is 10.1 Å². The van der Waals surface area contributed by atoms with Crippen molar-refractivity contribution in [3.63, 3.8) is 0 Å². The van der Waals surface area contributed by atoms with Gasteiger partial charge in [0.1, 0.15) is 6.54 Å². The lowest BCUT2D eigenvalue weighted by Gasteiger charge is -2.25. The maximum Gasteiger partial charge on any atom is 0.338 e. The Hall–Kier alpha value is -2.46. The van der Waals surface area contributed by atoms with Gasteiger partial charge in [0.05, 0.1) is 17.6 Å². The molecule has 0 radical (unpaired) electrons. The molecule has 0 unspecified atom stereocenters. The van der Waals surface area contributed by atoms with E-state index in [0.717, 1.165) is 19.3 Å². The summed E-state index contributed by atoms with van der Waals surface area (Å²) in [4.78, 5) is 34.6. The highest BCUT2D eigenvalue weighted by Crippen LogP contribution is 2.21. The van der Waals surface area contributed by atoms with Gasteiger partial charge in [-0.15, -0.1) is 0 Å². The Bertz CT molecular complexity index is 801. The fourth-order valence-electron chi connectivity index (χ4n) is 2.55. The molecule has 0 aliphatic carbocycles. The number of carbonyl (C=O) groups excluding carboxylic acids is 3. The summed E-state index contributed by atoms with van der Waals surface area (Å²) in [6.45, 7) is -0.0237. The maximum absolute atomic E-state index is 12.7. The molecule has 1 aromatic rings. The summed E-state index contributed by atoms with van der Waals surface area (Å²) < 4.78 is 36.0. The molecule has 2 rings (SSSR count). The van der Waals surface area contributed by atoms with E-state index < -0.39 is 34.5 Å². The zero-order valence-electron chi connectivity index (χ0n) is 15.0. The van der Waals surface area contributed by atoms with Crippen LogP contribution in [0.1, 0.15) is 29.6 Å². The quantitative estimate of drug-likeness (QED) is 0.656. The molecule has 0 saturated carbocycles. The third-order valence-corrected chi connectivity index (χ3v) is 5.91. The number of piperidine rings is 1. The number of carbonyl (C=O) groups is 3. The average Bonchev–Trinajstić information content (AvgIpc) is 2.70. The van der Waals surface area contributed by atoms with Crippen molar-refractivity contribution in [2.24, 2.45) is 0 Å². The van der Waals surface area contributed by atoms with Crippen LogP contribution in [0.15, 0.2) is 29.2 Å². The molecule has 0 spiro atoms. The molecule has 1 saturated heterocycles. The minimum absolute atomic E-state index is 0.00833. The lowest BCUT2D eigenvalue weighted by atomic mass is 10.2. The highest BCUT2D eigenvalue weighted by Gasteiger charge is 2.26. The van der Waals surface area contributed by atoms with Gasteiger partial charge in [-0.2, -0.15) is 4.31 Å². The Morgan fingerprint density at radius 2 is 1.85 bits per heavy atom. The van der Waals surface area contributed by atoms with Crippen LogP contribution in [0.25, 0.3) is 0 Å². The number of nitrogens with one attached hydrogen (secondary N) is 1. The van der Waals surface area contributed by atoms with E-state index in [0.29, 0.717) is 13.1 Å². The van der Waals surface area contributed by atoms with Gasteiger partial charge in [0.2, 0.25) is 10.0 Å². The first-order chi connectivity index (χ1) is 12.8. The zero-order valence-corrected chi connectivity index (χ0v) is 15.8. The van der Waals surface area contributed by atoms with Crippen molar-refractivity contribution in [1.82, 2.24) is 9.62 Å². The van der Waals surface area contributed by atoms with Crippen molar-refractivity contribution in [3.05, 3.63) is 29.8 Å². The molecule has 148 valence electrons. The number of benzene rings is 1. The van der Waals surface area contributed by atoms with Gasteiger partial charge in [-0.1, -0.05) is 12.5 Å². The van der Waals surface area contributed by atoms with Crippen molar-refractivity contribution in [1.29, 1.82) is 0 Å². The van der Waals surface area contributed by atoms with E-state index in [1.165, 1.54) is 35.7 Å². The van der Waals surface area contributed by atoms with E-state index in [1.807, 2.05) is 0 Å². The lowest BCUT2D eigenvalue weighted by Crippen LogP contribution is -2.35. The highest BCUT2D eigenvalue weighted by molar-refractivity contribution is 7.89. The van der Waals surface area contributed by atoms with Crippen molar-refractivity contribution in [2.75, 3.05) is 33.4 Å². The molecule has 1 fully saturated rings. The molecule has 1 aliphatic heterocycles. The zero-order chi connectivity index (χ0) is 19.9. The van der Waals surface area contributed by atoms with E-state index >= 15 is 0 Å². The number of rotatable bonds is 7. The van der Waals surface area contributed by atoms with Crippen LogP contribution in [-0.2, 0) is 29.1 Å². The van der Waals surface area contributed by atoms with Crippen LogP contribution in [0, 0.1) is 0 Å². The summed E-state index contributed by atoms with van der Waals surface area (Å²) in [6.07, 6.45) is 2.61. The van der Waals surface area contributed by atoms with Gasteiger partial charge in [0.25, 0.3) is 5.91 Å². The van der Waals surface area contributed by atoms with Crippen LogP contribution in [0.3, 0.4) is 0 Å². The number of esters is 2. The fraction of sp³-hybridized carbons (Fsp3) is 0.471. The molecule has 9 nitrogen and oxygen atoms in total. The number of ether oxygens (including phenoxy) is 2. The predicted molar refractivity (Wildman–Crippen MR) is 94.4 cm³/mol. The smallest absolute Gasteiger partial charge is 0.338 e. The van der Waals surface area contributed by atoms with Gasteiger partial charge >= 0.3 is 11.9 Å². The third kappa shape index (κ3) is 5.76. The molecule has 0 bridgehead atoms. The summed E-state index contributed by atoms with van der Waals surface area (Å²) in [5.74, 6) is -2.14. The number of nitrogens with zero attached hydrogens (tertiary/aromatic N) is 1.